The highest BCUT2D eigenvalue weighted by atomic mass is 32.2. The van der Waals surface area contributed by atoms with E-state index in [0.717, 1.165) is 33.7 Å². The van der Waals surface area contributed by atoms with E-state index in [1.165, 1.54) is 11.1 Å². The summed E-state index contributed by atoms with van der Waals surface area (Å²) in [6, 6.07) is 20.9. The SMILES string of the molecule is c1ccc(CSCc2nnc3sc(Cc4ccccc4)nn23)cc1. The predicted octanol–water partition coefficient (Wildman–Crippen LogP) is 4.21. The third-order valence-corrected chi connectivity index (χ3v) is 5.54. The molecule has 4 nitrogen and oxygen atoms in total. The van der Waals surface area contributed by atoms with Crippen LogP contribution >= 0.6 is 23.1 Å². The van der Waals surface area contributed by atoms with Crippen molar-refractivity contribution >= 4 is 28.1 Å². The van der Waals surface area contributed by atoms with E-state index >= 15 is 0 Å². The van der Waals surface area contributed by atoms with Crippen molar-refractivity contribution in [3.8, 4) is 0 Å². The highest BCUT2D eigenvalue weighted by Crippen LogP contribution is 2.21. The van der Waals surface area contributed by atoms with Crippen LogP contribution in [0.1, 0.15) is 22.0 Å². The van der Waals surface area contributed by atoms with Crippen LogP contribution in [0.2, 0.25) is 0 Å². The van der Waals surface area contributed by atoms with E-state index < -0.39 is 0 Å². The largest absolute Gasteiger partial charge is 0.234 e. The summed E-state index contributed by atoms with van der Waals surface area (Å²) in [4.78, 5) is 0.872. The first-order chi connectivity index (χ1) is 11.9. The van der Waals surface area contributed by atoms with Crippen LogP contribution in [0.25, 0.3) is 4.96 Å². The molecule has 0 saturated carbocycles. The average molecular weight is 352 g/mol. The smallest absolute Gasteiger partial charge is 0.186 e. The molecule has 0 spiro atoms. The maximum Gasteiger partial charge on any atom is 0.234 e. The van der Waals surface area contributed by atoms with Gasteiger partial charge in [-0.25, -0.2) is 0 Å². The van der Waals surface area contributed by atoms with E-state index in [1.54, 1.807) is 11.3 Å². The van der Waals surface area contributed by atoms with Gasteiger partial charge in [0.1, 0.15) is 5.01 Å². The molecule has 0 fully saturated rings. The fraction of sp³-hybridized carbons (Fsp3) is 0.167. The summed E-state index contributed by atoms with van der Waals surface area (Å²) in [6.07, 6.45) is 0.839. The molecule has 0 bridgehead atoms. The van der Waals surface area contributed by atoms with Crippen LogP contribution in [0.4, 0.5) is 0 Å². The van der Waals surface area contributed by atoms with Gasteiger partial charge in [-0.15, -0.1) is 22.0 Å². The predicted molar refractivity (Wildman–Crippen MR) is 99.3 cm³/mol. The summed E-state index contributed by atoms with van der Waals surface area (Å²) in [5, 5.41) is 14.3. The van der Waals surface area contributed by atoms with Crippen LogP contribution in [0, 0.1) is 0 Å². The van der Waals surface area contributed by atoms with Crippen LogP contribution in [0.15, 0.2) is 60.7 Å². The van der Waals surface area contributed by atoms with Crippen LogP contribution in [-0.2, 0) is 17.9 Å². The van der Waals surface area contributed by atoms with E-state index in [-0.39, 0.29) is 0 Å². The quantitative estimate of drug-likeness (QED) is 0.521. The molecule has 2 aromatic carbocycles. The lowest BCUT2D eigenvalue weighted by molar-refractivity contribution is 0.856. The van der Waals surface area contributed by atoms with Crippen molar-refractivity contribution in [2.45, 2.75) is 17.9 Å². The standard InChI is InChI=1S/C18H16N4S2/c1-3-7-14(8-4-1)11-17-21-22-16(19-20-18(22)24-17)13-23-12-15-9-5-2-6-10-15/h1-10H,11-13H2. The maximum absolute atomic E-state index is 4.69. The number of thioether (sulfide) groups is 1. The maximum atomic E-state index is 4.69. The van der Waals surface area contributed by atoms with Crippen molar-refractivity contribution in [1.29, 1.82) is 0 Å². The minimum atomic E-state index is 0.810. The summed E-state index contributed by atoms with van der Waals surface area (Å²) in [6.45, 7) is 0. The Labute approximate surface area is 148 Å². The van der Waals surface area contributed by atoms with Crippen LogP contribution in [0.5, 0.6) is 0 Å². The first-order valence-corrected chi connectivity index (χ1v) is 9.71. The van der Waals surface area contributed by atoms with Gasteiger partial charge in [-0.1, -0.05) is 72.0 Å². The monoisotopic (exact) mass is 352 g/mol. The van der Waals surface area contributed by atoms with Crippen LogP contribution in [0.3, 0.4) is 0 Å². The van der Waals surface area contributed by atoms with Gasteiger partial charge in [-0.2, -0.15) is 9.61 Å². The molecule has 6 heteroatoms. The fourth-order valence-electron chi connectivity index (χ4n) is 2.46. The van der Waals surface area contributed by atoms with E-state index in [4.69, 9.17) is 5.10 Å². The summed E-state index contributed by atoms with van der Waals surface area (Å²) in [5.41, 5.74) is 2.59. The molecule has 0 radical (unpaired) electrons. The highest BCUT2D eigenvalue weighted by molar-refractivity contribution is 7.97. The molecular weight excluding hydrogens is 336 g/mol. The Kier molecular flexibility index (Phi) is 4.57. The Hall–Kier alpha value is -2.18. The van der Waals surface area contributed by atoms with Crippen molar-refractivity contribution in [2.24, 2.45) is 0 Å². The van der Waals surface area contributed by atoms with Crippen LogP contribution < -0.4 is 0 Å². The number of hydrogen-bond donors (Lipinski definition) is 0. The Bertz CT molecular complexity index is 916. The molecule has 0 saturated heterocycles. The molecule has 2 heterocycles. The van der Waals surface area contributed by atoms with E-state index in [2.05, 4.69) is 58.7 Å². The van der Waals surface area contributed by atoms with Gasteiger partial charge in [0.15, 0.2) is 5.82 Å². The number of aromatic nitrogens is 4. The van der Waals surface area contributed by atoms with Crippen molar-refractivity contribution in [2.75, 3.05) is 0 Å². The first kappa shape index (κ1) is 15.4. The zero-order valence-electron chi connectivity index (χ0n) is 13.0. The van der Waals surface area contributed by atoms with E-state index in [0.29, 0.717) is 0 Å². The topological polar surface area (TPSA) is 43.1 Å². The number of nitrogens with zero attached hydrogens (tertiary/aromatic N) is 4. The molecule has 0 N–H and O–H groups in total. The normalized spacial score (nSPS) is 11.2. The molecule has 4 rings (SSSR count). The lowest BCUT2D eigenvalue weighted by Crippen LogP contribution is -1.96. The number of fused-ring (bicyclic) bond motifs is 1. The molecule has 0 aliphatic heterocycles. The second kappa shape index (κ2) is 7.15. The molecule has 4 aromatic rings. The summed E-state index contributed by atoms with van der Waals surface area (Å²) >= 11 is 3.45. The number of benzene rings is 2. The van der Waals surface area contributed by atoms with Gasteiger partial charge in [0.2, 0.25) is 4.96 Å². The molecule has 0 aliphatic carbocycles. The summed E-state index contributed by atoms with van der Waals surface area (Å²) < 4.78 is 1.89. The number of hydrogen-bond acceptors (Lipinski definition) is 5. The second-order valence-electron chi connectivity index (χ2n) is 5.45. The van der Waals surface area contributed by atoms with Gasteiger partial charge >= 0.3 is 0 Å². The van der Waals surface area contributed by atoms with Gasteiger partial charge in [-0.3, -0.25) is 0 Å². The Balaban J connectivity index is 1.44. The lowest BCUT2D eigenvalue weighted by atomic mass is 10.2. The lowest BCUT2D eigenvalue weighted by Gasteiger charge is -2.00. The molecule has 0 atom stereocenters. The van der Waals surface area contributed by atoms with Crippen LogP contribution in [-0.4, -0.2) is 19.8 Å². The molecule has 120 valence electrons. The Morgan fingerprint density at radius 1 is 0.833 bits per heavy atom. The molecule has 24 heavy (non-hydrogen) atoms. The Morgan fingerprint density at radius 3 is 2.29 bits per heavy atom. The van der Waals surface area contributed by atoms with E-state index in [1.807, 2.05) is 28.4 Å². The summed E-state index contributed by atoms with van der Waals surface area (Å²) in [7, 11) is 0. The number of rotatable bonds is 6. The molecular formula is C18H16N4S2. The fourth-order valence-corrected chi connectivity index (χ4v) is 4.24. The molecule has 0 amide bonds. The second-order valence-corrected chi connectivity index (χ2v) is 7.47. The molecule has 0 aliphatic rings. The molecule has 0 unspecified atom stereocenters. The zero-order chi connectivity index (χ0) is 16.2. The summed E-state index contributed by atoms with van der Waals surface area (Å²) in [5.74, 6) is 2.70. The van der Waals surface area contributed by atoms with Gasteiger partial charge in [0.05, 0.1) is 5.75 Å². The third kappa shape index (κ3) is 3.49. The van der Waals surface area contributed by atoms with Crippen molar-refractivity contribution in [1.82, 2.24) is 19.8 Å². The minimum absolute atomic E-state index is 0.810. The van der Waals surface area contributed by atoms with Gasteiger partial charge < -0.3 is 0 Å². The zero-order valence-corrected chi connectivity index (χ0v) is 14.6. The van der Waals surface area contributed by atoms with Gasteiger partial charge in [-0.05, 0) is 11.1 Å². The van der Waals surface area contributed by atoms with E-state index in [9.17, 15) is 0 Å². The van der Waals surface area contributed by atoms with Crippen molar-refractivity contribution in [3.63, 3.8) is 0 Å². The average Bonchev–Trinajstić information content (AvgIpc) is 3.18. The molecule has 2 aromatic heterocycles. The van der Waals surface area contributed by atoms with Crippen molar-refractivity contribution < 1.29 is 0 Å². The van der Waals surface area contributed by atoms with Gasteiger partial charge in [0.25, 0.3) is 0 Å². The highest BCUT2D eigenvalue weighted by Gasteiger charge is 2.12. The minimum Gasteiger partial charge on any atom is -0.186 e. The first-order valence-electron chi connectivity index (χ1n) is 7.74. The van der Waals surface area contributed by atoms with Crippen molar-refractivity contribution in [3.05, 3.63) is 82.6 Å². The third-order valence-electron chi connectivity index (χ3n) is 3.64. The van der Waals surface area contributed by atoms with Gasteiger partial charge in [0, 0.05) is 12.2 Å². The Morgan fingerprint density at radius 2 is 1.54 bits per heavy atom.